The van der Waals surface area contributed by atoms with Gasteiger partial charge in [0.25, 0.3) is 0 Å². The van der Waals surface area contributed by atoms with Crippen LogP contribution in [0, 0.1) is 0 Å². The second-order valence-corrected chi connectivity index (χ2v) is 5.23. The molecule has 4 heteroatoms. The predicted molar refractivity (Wildman–Crippen MR) is 67.7 cm³/mol. The highest BCUT2D eigenvalue weighted by Crippen LogP contribution is 2.16. The van der Waals surface area contributed by atoms with Crippen LogP contribution in [0.5, 0.6) is 0 Å². The highest BCUT2D eigenvalue weighted by atomic mass is 16.2. The summed E-state index contributed by atoms with van der Waals surface area (Å²) in [6.07, 6.45) is 3.39. The third kappa shape index (κ3) is 3.45. The van der Waals surface area contributed by atoms with Crippen LogP contribution in [0.1, 0.15) is 53.4 Å². The summed E-state index contributed by atoms with van der Waals surface area (Å²) in [6, 6.07) is 0.124. The van der Waals surface area contributed by atoms with Crippen LogP contribution in [-0.4, -0.2) is 40.4 Å². The number of hydrogen-bond donors (Lipinski definition) is 0. The summed E-state index contributed by atoms with van der Waals surface area (Å²) >= 11 is 0. The van der Waals surface area contributed by atoms with Gasteiger partial charge in [-0.3, -0.25) is 9.69 Å². The summed E-state index contributed by atoms with van der Waals surface area (Å²) in [6.45, 7) is 8.52. The minimum atomic E-state index is -0.123. The summed E-state index contributed by atoms with van der Waals surface area (Å²) in [4.78, 5) is 27.5. The first-order valence-corrected chi connectivity index (χ1v) is 6.57. The van der Waals surface area contributed by atoms with E-state index in [-0.39, 0.29) is 24.0 Å². The minimum absolute atomic E-state index is 0.0150. The Hall–Kier alpha value is -1.06. The molecule has 0 N–H and O–H groups in total. The monoisotopic (exact) mass is 240 g/mol. The summed E-state index contributed by atoms with van der Waals surface area (Å²) in [5, 5.41) is 0. The van der Waals surface area contributed by atoms with Crippen molar-refractivity contribution in [3.63, 3.8) is 0 Å². The molecule has 0 aromatic heterocycles. The molecule has 98 valence electrons. The number of hydrogen-bond acceptors (Lipinski definition) is 2. The molecule has 1 aliphatic rings. The number of imide groups is 1. The molecule has 0 bridgehead atoms. The van der Waals surface area contributed by atoms with Gasteiger partial charge in [-0.1, -0.05) is 6.42 Å². The lowest BCUT2D eigenvalue weighted by atomic mass is 10.2. The van der Waals surface area contributed by atoms with Crippen molar-refractivity contribution in [2.75, 3.05) is 6.54 Å². The van der Waals surface area contributed by atoms with Gasteiger partial charge in [0, 0.05) is 25.0 Å². The zero-order valence-corrected chi connectivity index (χ0v) is 11.4. The van der Waals surface area contributed by atoms with Crippen LogP contribution in [-0.2, 0) is 4.79 Å². The quantitative estimate of drug-likeness (QED) is 0.744. The molecular weight excluding hydrogens is 216 g/mol. The molecule has 0 radical (unpaired) electrons. The van der Waals surface area contributed by atoms with E-state index >= 15 is 0 Å². The lowest BCUT2D eigenvalue weighted by Gasteiger charge is -2.34. The number of rotatable bonds is 2. The van der Waals surface area contributed by atoms with Crippen molar-refractivity contribution in [2.45, 2.75) is 65.5 Å². The van der Waals surface area contributed by atoms with Gasteiger partial charge in [-0.2, -0.15) is 0 Å². The van der Waals surface area contributed by atoms with Crippen LogP contribution >= 0.6 is 0 Å². The van der Waals surface area contributed by atoms with E-state index in [1.165, 1.54) is 4.90 Å². The second-order valence-electron chi connectivity index (χ2n) is 5.23. The molecule has 1 fully saturated rings. The zero-order valence-electron chi connectivity index (χ0n) is 11.4. The number of carbonyl (C=O) groups is 2. The molecular formula is C13H24N2O2. The Morgan fingerprint density at radius 1 is 1.12 bits per heavy atom. The number of likely N-dealkylation sites (tertiary alicyclic amines) is 1. The molecule has 1 heterocycles. The topological polar surface area (TPSA) is 40.6 Å². The van der Waals surface area contributed by atoms with Gasteiger partial charge in [-0.15, -0.1) is 0 Å². The molecule has 17 heavy (non-hydrogen) atoms. The molecule has 1 rings (SSSR count). The number of urea groups is 1. The van der Waals surface area contributed by atoms with E-state index in [0.717, 1.165) is 19.3 Å². The average Bonchev–Trinajstić information content (AvgIpc) is 2.41. The molecule has 1 saturated heterocycles. The number of carbonyl (C=O) groups excluding carboxylic acids is 2. The van der Waals surface area contributed by atoms with Crippen molar-refractivity contribution in [3.8, 4) is 0 Å². The molecule has 0 unspecified atom stereocenters. The molecule has 1 aliphatic heterocycles. The Labute approximate surface area is 104 Å². The minimum Gasteiger partial charge on any atom is -0.319 e. The lowest BCUT2D eigenvalue weighted by molar-refractivity contribution is -0.128. The summed E-state index contributed by atoms with van der Waals surface area (Å²) in [7, 11) is 0. The standard InChI is InChI=1S/C13H24N2O2/c1-10(2)15(11(3)4)13(17)14-9-7-5-6-8-12(14)16/h10-11H,5-9H2,1-4H3. The Morgan fingerprint density at radius 3 is 2.24 bits per heavy atom. The smallest absolute Gasteiger partial charge is 0.319 e. The first-order chi connectivity index (χ1) is 7.95. The van der Waals surface area contributed by atoms with Gasteiger partial charge in [0.1, 0.15) is 0 Å². The maximum absolute atomic E-state index is 12.4. The van der Waals surface area contributed by atoms with Crippen molar-refractivity contribution in [1.82, 2.24) is 9.80 Å². The Morgan fingerprint density at radius 2 is 1.71 bits per heavy atom. The summed E-state index contributed by atoms with van der Waals surface area (Å²) in [5.41, 5.74) is 0. The van der Waals surface area contributed by atoms with E-state index in [1.807, 2.05) is 27.7 Å². The highest BCUT2D eigenvalue weighted by molar-refractivity contribution is 5.94. The van der Waals surface area contributed by atoms with E-state index in [1.54, 1.807) is 4.90 Å². The third-order valence-corrected chi connectivity index (χ3v) is 3.14. The van der Waals surface area contributed by atoms with E-state index in [0.29, 0.717) is 13.0 Å². The second kappa shape index (κ2) is 6.03. The van der Waals surface area contributed by atoms with Crippen LogP contribution in [0.4, 0.5) is 4.79 Å². The summed E-state index contributed by atoms with van der Waals surface area (Å²) < 4.78 is 0. The van der Waals surface area contributed by atoms with E-state index in [9.17, 15) is 9.59 Å². The SMILES string of the molecule is CC(C)N(C(=O)N1CCCCCC1=O)C(C)C. The first-order valence-electron chi connectivity index (χ1n) is 6.57. The largest absolute Gasteiger partial charge is 0.327 e. The van der Waals surface area contributed by atoms with Crippen LogP contribution < -0.4 is 0 Å². The van der Waals surface area contributed by atoms with Gasteiger partial charge < -0.3 is 4.90 Å². The number of nitrogens with zero attached hydrogens (tertiary/aromatic N) is 2. The zero-order chi connectivity index (χ0) is 13.0. The average molecular weight is 240 g/mol. The summed E-state index contributed by atoms with van der Waals surface area (Å²) in [5.74, 6) is -0.0150. The van der Waals surface area contributed by atoms with Crippen LogP contribution in [0.15, 0.2) is 0 Å². The molecule has 0 saturated carbocycles. The first kappa shape index (κ1) is 14.0. The molecule has 4 nitrogen and oxygen atoms in total. The molecule has 0 spiro atoms. The van der Waals surface area contributed by atoms with Gasteiger partial charge in [-0.25, -0.2) is 4.79 Å². The highest BCUT2D eigenvalue weighted by Gasteiger charge is 2.30. The molecule has 3 amide bonds. The van der Waals surface area contributed by atoms with E-state index in [4.69, 9.17) is 0 Å². The van der Waals surface area contributed by atoms with Crippen LogP contribution in [0.25, 0.3) is 0 Å². The van der Waals surface area contributed by atoms with Crippen molar-refractivity contribution in [3.05, 3.63) is 0 Å². The molecule has 0 aromatic rings. The number of amides is 3. The van der Waals surface area contributed by atoms with Crippen LogP contribution in [0.3, 0.4) is 0 Å². The Balaban J connectivity index is 2.81. The fourth-order valence-electron chi connectivity index (χ4n) is 2.36. The van der Waals surface area contributed by atoms with Crippen molar-refractivity contribution in [1.29, 1.82) is 0 Å². The van der Waals surface area contributed by atoms with Gasteiger partial charge in [0.05, 0.1) is 0 Å². The van der Waals surface area contributed by atoms with E-state index < -0.39 is 0 Å². The van der Waals surface area contributed by atoms with Crippen molar-refractivity contribution >= 4 is 11.9 Å². The molecule has 0 aliphatic carbocycles. The van der Waals surface area contributed by atoms with Gasteiger partial charge >= 0.3 is 6.03 Å². The normalized spacial score (nSPS) is 17.5. The fraction of sp³-hybridized carbons (Fsp3) is 0.846. The molecule has 0 atom stereocenters. The van der Waals surface area contributed by atoms with Gasteiger partial charge in [-0.05, 0) is 40.5 Å². The van der Waals surface area contributed by atoms with Gasteiger partial charge in [0.2, 0.25) is 5.91 Å². The van der Waals surface area contributed by atoms with Crippen LogP contribution in [0.2, 0.25) is 0 Å². The van der Waals surface area contributed by atoms with Gasteiger partial charge in [0.15, 0.2) is 0 Å². The fourth-order valence-corrected chi connectivity index (χ4v) is 2.36. The maximum atomic E-state index is 12.4. The third-order valence-electron chi connectivity index (χ3n) is 3.14. The Kier molecular flexibility index (Phi) is 4.97. The lowest BCUT2D eigenvalue weighted by Crippen LogP contribution is -2.51. The van der Waals surface area contributed by atoms with Crippen molar-refractivity contribution < 1.29 is 9.59 Å². The predicted octanol–water partition coefficient (Wildman–Crippen LogP) is 2.63. The van der Waals surface area contributed by atoms with Crippen molar-refractivity contribution in [2.24, 2.45) is 0 Å². The van der Waals surface area contributed by atoms with E-state index in [2.05, 4.69) is 0 Å². The molecule has 0 aromatic carbocycles. The maximum Gasteiger partial charge on any atom is 0.327 e. The Bertz CT molecular complexity index is 279.